The topological polar surface area (TPSA) is 64.0 Å². The van der Waals surface area contributed by atoms with Gasteiger partial charge in [-0.1, -0.05) is 35.9 Å². The number of thiophene rings is 1. The lowest BCUT2D eigenvalue weighted by atomic mass is 9.89. The molecule has 1 atom stereocenters. The highest BCUT2D eigenvalue weighted by Gasteiger charge is 2.21. The average molecular weight is 444 g/mol. The van der Waals surface area contributed by atoms with Gasteiger partial charge in [-0.25, -0.2) is 4.98 Å². The molecule has 1 unspecified atom stereocenters. The minimum atomic E-state index is -0.683. The number of carbonyl (C=O) groups is 1. The third-order valence-electron chi connectivity index (χ3n) is 6.29. The molecule has 0 radical (unpaired) electrons. The van der Waals surface area contributed by atoms with Gasteiger partial charge in [0.05, 0.1) is 11.7 Å². The summed E-state index contributed by atoms with van der Waals surface area (Å²) in [6.45, 7) is 3.72. The third-order valence-corrected chi connectivity index (χ3v) is 7.18. The van der Waals surface area contributed by atoms with Crippen LogP contribution >= 0.6 is 11.3 Å². The maximum Gasteiger partial charge on any atom is 0.263 e. The maximum atomic E-state index is 13.5. The van der Waals surface area contributed by atoms with Gasteiger partial charge in [-0.15, -0.1) is 11.3 Å². The van der Waals surface area contributed by atoms with Gasteiger partial charge < -0.3 is 5.32 Å². The van der Waals surface area contributed by atoms with Crippen LogP contribution in [0.25, 0.3) is 21.3 Å². The Morgan fingerprint density at radius 1 is 1.09 bits per heavy atom. The fourth-order valence-corrected chi connectivity index (χ4v) is 5.25. The van der Waals surface area contributed by atoms with Crippen molar-refractivity contribution >= 4 is 33.1 Å². The molecule has 0 fully saturated rings. The van der Waals surface area contributed by atoms with Crippen molar-refractivity contribution in [2.75, 3.05) is 5.32 Å². The summed E-state index contributed by atoms with van der Waals surface area (Å²) in [7, 11) is 0. The lowest BCUT2D eigenvalue weighted by Gasteiger charge is -2.17. The normalized spacial score (nSPS) is 14.2. The Morgan fingerprint density at radius 2 is 1.84 bits per heavy atom. The lowest BCUT2D eigenvalue weighted by molar-refractivity contribution is -0.118. The van der Waals surface area contributed by atoms with E-state index in [0.29, 0.717) is 15.9 Å². The van der Waals surface area contributed by atoms with Crippen LogP contribution in [0.5, 0.6) is 0 Å². The quantitative estimate of drug-likeness (QED) is 0.452. The van der Waals surface area contributed by atoms with Crippen LogP contribution in [0.4, 0.5) is 5.69 Å². The first-order valence-corrected chi connectivity index (χ1v) is 11.9. The maximum absolute atomic E-state index is 13.5. The van der Waals surface area contributed by atoms with Gasteiger partial charge in [0.25, 0.3) is 5.56 Å². The highest BCUT2D eigenvalue weighted by atomic mass is 32.1. The van der Waals surface area contributed by atoms with E-state index >= 15 is 0 Å². The first-order valence-electron chi connectivity index (χ1n) is 11.0. The molecule has 0 saturated heterocycles. The number of benzene rings is 2. The number of nitrogens with one attached hydrogen (secondary N) is 1. The molecule has 1 aliphatic rings. The Hall–Kier alpha value is -3.25. The van der Waals surface area contributed by atoms with Crippen LogP contribution in [-0.2, 0) is 17.6 Å². The van der Waals surface area contributed by atoms with E-state index in [1.165, 1.54) is 46.2 Å². The molecular weight excluding hydrogens is 418 g/mol. The number of hydrogen-bond acceptors (Lipinski definition) is 4. The van der Waals surface area contributed by atoms with E-state index in [4.69, 9.17) is 0 Å². The summed E-state index contributed by atoms with van der Waals surface area (Å²) < 4.78 is 1.43. The predicted octanol–water partition coefficient (Wildman–Crippen LogP) is 5.51. The summed E-state index contributed by atoms with van der Waals surface area (Å²) >= 11 is 1.47. The van der Waals surface area contributed by atoms with E-state index in [1.54, 1.807) is 6.92 Å². The molecule has 1 N–H and O–H groups in total. The van der Waals surface area contributed by atoms with Crippen LogP contribution in [0, 0.1) is 6.92 Å². The summed E-state index contributed by atoms with van der Waals surface area (Å²) in [4.78, 5) is 31.5. The number of aryl methyl sites for hydroxylation is 3. The van der Waals surface area contributed by atoms with Crippen molar-refractivity contribution in [3.8, 4) is 11.1 Å². The second-order valence-electron chi connectivity index (χ2n) is 8.51. The Bertz CT molecular complexity index is 1370. The van der Waals surface area contributed by atoms with Crippen LogP contribution < -0.4 is 10.9 Å². The molecule has 5 nitrogen and oxygen atoms in total. The van der Waals surface area contributed by atoms with E-state index in [9.17, 15) is 9.59 Å². The molecular formula is C26H25N3O2S. The number of rotatable bonds is 4. The van der Waals surface area contributed by atoms with Crippen molar-refractivity contribution in [2.45, 2.75) is 45.6 Å². The summed E-state index contributed by atoms with van der Waals surface area (Å²) in [6, 6.07) is 13.4. The molecule has 4 aromatic rings. The van der Waals surface area contributed by atoms with Crippen molar-refractivity contribution in [3.05, 3.63) is 81.2 Å². The van der Waals surface area contributed by atoms with Crippen molar-refractivity contribution in [1.82, 2.24) is 9.55 Å². The molecule has 2 heterocycles. The van der Waals surface area contributed by atoms with Crippen molar-refractivity contribution < 1.29 is 4.79 Å². The lowest BCUT2D eigenvalue weighted by Crippen LogP contribution is -2.31. The average Bonchev–Trinajstić information content (AvgIpc) is 3.25. The van der Waals surface area contributed by atoms with Crippen LogP contribution in [0.1, 0.15) is 42.5 Å². The van der Waals surface area contributed by atoms with E-state index < -0.39 is 6.04 Å². The molecule has 32 heavy (non-hydrogen) atoms. The molecule has 0 saturated carbocycles. The monoisotopic (exact) mass is 443 g/mol. The molecule has 0 aliphatic heterocycles. The molecule has 1 amide bonds. The Labute approximate surface area is 190 Å². The second-order valence-corrected chi connectivity index (χ2v) is 9.37. The van der Waals surface area contributed by atoms with Crippen molar-refractivity contribution in [2.24, 2.45) is 0 Å². The summed E-state index contributed by atoms with van der Waals surface area (Å²) in [5.41, 5.74) is 6.38. The summed E-state index contributed by atoms with van der Waals surface area (Å²) in [5.74, 6) is -0.248. The molecule has 2 aromatic carbocycles. The van der Waals surface area contributed by atoms with Gasteiger partial charge >= 0.3 is 0 Å². The highest BCUT2D eigenvalue weighted by Crippen LogP contribution is 2.33. The number of fused-ring (bicyclic) bond motifs is 2. The van der Waals surface area contributed by atoms with Crippen LogP contribution in [0.15, 0.2) is 59.0 Å². The zero-order chi connectivity index (χ0) is 22.2. The standard InChI is InChI=1S/C26H25N3O2S/c1-16-7-11-21(12-8-16)28-24(30)17(2)29-15-27-25-23(26(29)31)22(14-32-25)20-10-9-18-5-3-4-6-19(18)13-20/h7-15,17H,3-6H2,1-2H3,(H,28,30). The summed E-state index contributed by atoms with van der Waals surface area (Å²) in [5, 5.41) is 5.48. The first kappa shape index (κ1) is 20.6. The highest BCUT2D eigenvalue weighted by molar-refractivity contribution is 7.17. The zero-order valence-corrected chi connectivity index (χ0v) is 19.0. The van der Waals surface area contributed by atoms with E-state index in [0.717, 1.165) is 29.5 Å². The Morgan fingerprint density at radius 3 is 2.62 bits per heavy atom. The molecule has 162 valence electrons. The minimum Gasteiger partial charge on any atom is -0.324 e. The molecule has 0 spiro atoms. The number of hydrogen-bond donors (Lipinski definition) is 1. The zero-order valence-electron chi connectivity index (χ0n) is 18.2. The largest absolute Gasteiger partial charge is 0.324 e. The summed E-state index contributed by atoms with van der Waals surface area (Å²) in [6.07, 6.45) is 6.15. The van der Waals surface area contributed by atoms with Gasteiger partial charge in [0.15, 0.2) is 0 Å². The Kier molecular flexibility index (Phi) is 5.39. The van der Waals surface area contributed by atoms with Crippen molar-refractivity contribution in [1.29, 1.82) is 0 Å². The molecule has 1 aliphatic carbocycles. The number of amides is 1. The van der Waals surface area contributed by atoms with E-state index in [-0.39, 0.29) is 11.5 Å². The van der Waals surface area contributed by atoms with Gasteiger partial charge in [0, 0.05) is 16.6 Å². The fraction of sp³-hybridized carbons (Fsp3) is 0.269. The van der Waals surface area contributed by atoms with E-state index in [2.05, 4.69) is 28.5 Å². The smallest absolute Gasteiger partial charge is 0.263 e. The van der Waals surface area contributed by atoms with Gasteiger partial charge in [-0.3, -0.25) is 14.2 Å². The number of aromatic nitrogens is 2. The third kappa shape index (κ3) is 3.75. The number of nitrogens with zero attached hydrogens (tertiary/aromatic N) is 2. The van der Waals surface area contributed by atoms with E-state index in [1.807, 2.05) is 36.6 Å². The fourth-order valence-electron chi connectivity index (χ4n) is 4.34. The molecule has 0 bridgehead atoms. The van der Waals surface area contributed by atoms with Gasteiger partial charge in [-0.2, -0.15) is 0 Å². The SMILES string of the molecule is Cc1ccc(NC(=O)C(C)n2cnc3scc(-c4ccc5c(c4)CCCC5)c3c2=O)cc1. The minimum absolute atomic E-state index is 0.185. The number of carbonyl (C=O) groups excluding carboxylic acids is 1. The van der Waals surface area contributed by atoms with Crippen LogP contribution in [0.2, 0.25) is 0 Å². The van der Waals surface area contributed by atoms with Crippen LogP contribution in [0.3, 0.4) is 0 Å². The van der Waals surface area contributed by atoms with Crippen molar-refractivity contribution in [3.63, 3.8) is 0 Å². The van der Waals surface area contributed by atoms with Crippen LogP contribution in [-0.4, -0.2) is 15.5 Å². The molecule has 6 heteroatoms. The number of anilines is 1. The first-order chi connectivity index (χ1) is 15.5. The van der Waals surface area contributed by atoms with Gasteiger partial charge in [0.1, 0.15) is 10.9 Å². The molecule has 2 aromatic heterocycles. The molecule has 5 rings (SSSR count). The predicted molar refractivity (Wildman–Crippen MR) is 130 cm³/mol. The second kappa shape index (κ2) is 8.36. The Balaban J connectivity index is 1.50. The van der Waals surface area contributed by atoms with Gasteiger partial charge in [0.2, 0.25) is 5.91 Å². The van der Waals surface area contributed by atoms with Gasteiger partial charge in [-0.05, 0) is 68.4 Å².